The van der Waals surface area contributed by atoms with E-state index in [9.17, 15) is 4.79 Å². The highest BCUT2D eigenvalue weighted by Crippen LogP contribution is 2.32. The van der Waals surface area contributed by atoms with Gasteiger partial charge in [0, 0.05) is 10.6 Å². The Labute approximate surface area is 139 Å². The molecule has 0 fully saturated rings. The molecule has 23 heavy (non-hydrogen) atoms. The fourth-order valence-electron chi connectivity index (χ4n) is 2.21. The van der Waals surface area contributed by atoms with Crippen molar-refractivity contribution in [2.45, 2.75) is 11.0 Å². The molecule has 0 saturated carbocycles. The minimum atomic E-state index is -0.664. The van der Waals surface area contributed by atoms with E-state index in [-0.39, 0.29) is 12.5 Å². The third kappa shape index (κ3) is 3.68. The van der Waals surface area contributed by atoms with Gasteiger partial charge in [0.15, 0.2) is 11.5 Å². The van der Waals surface area contributed by atoms with E-state index in [1.165, 1.54) is 0 Å². The molecule has 2 aromatic rings. The van der Waals surface area contributed by atoms with Crippen molar-refractivity contribution in [3.05, 3.63) is 61.2 Å². The first-order valence-electron chi connectivity index (χ1n) is 7.30. The van der Waals surface area contributed by atoms with E-state index >= 15 is 0 Å². The van der Waals surface area contributed by atoms with Crippen LogP contribution in [0.25, 0.3) is 0 Å². The third-order valence-corrected chi connectivity index (χ3v) is 4.37. The van der Waals surface area contributed by atoms with E-state index in [2.05, 4.69) is 11.9 Å². The van der Waals surface area contributed by atoms with Gasteiger partial charge in [0.1, 0.15) is 6.61 Å². The first-order valence-corrected chi connectivity index (χ1v) is 8.28. The molecule has 3 rings (SSSR count). The molecule has 0 saturated heterocycles. The second kappa shape index (κ2) is 7.24. The average molecular weight is 327 g/mol. The predicted molar refractivity (Wildman–Crippen MR) is 92.3 cm³/mol. The van der Waals surface area contributed by atoms with Crippen LogP contribution in [0.5, 0.6) is 11.5 Å². The summed E-state index contributed by atoms with van der Waals surface area (Å²) in [5.41, 5.74) is 0.770. The zero-order chi connectivity index (χ0) is 16.1. The van der Waals surface area contributed by atoms with Crippen LogP contribution in [0.2, 0.25) is 0 Å². The van der Waals surface area contributed by atoms with Crippen LogP contribution < -0.4 is 14.8 Å². The van der Waals surface area contributed by atoms with Crippen molar-refractivity contribution in [1.29, 1.82) is 0 Å². The van der Waals surface area contributed by atoms with Gasteiger partial charge >= 0.3 is 0 Å². The largest absolute Gasteiger partial charge is 0.485 e. The molecule has 0 radical (unpaired) electrons. The van der Waals surface area contributed by atoms with Crippen molar-refractivity contribution in [2.75, 3.05) is 17.7 Å². The summed E-state index contributed by atoms with van der Waals surface area (Å²) in [5.74, 6) is 1.82. The molecule has 1 aliphatic rings. The molecule has 0 bridgehead atoms. The van der Waals surface area contributed by atoms with Crippen LogP contribution >= 0.6 is 11.8 Å². The molecule has 1 heterocycles. The first-order chi connectivity index (χ1) is 11.3. The Hall–Kier alpha value is -2.40. The van der Waals surface area contributed by atoms with Crippen LogP contribution in [-0.2, 0) is 4.79 Å². The van der Waals surface area contributed by atoms with Crippen molar-refractivity contribution in [1.82, 2.24) is 0 Å². The number of carbonyl (C=O) groups excluding carboxylic acids is 1. The van der Waals surface area contributed by atoms with Crippen molar-refractivity contribution in [2.24, 2.45) is 0 Å². The van der Waals surface area contributed by atoms with Gasteiger partial charge in [-0.1, -0.05) is 30.3 Å². The van der Waals surface area contributed by atoms with Crippen LogP contribution in [0.3, 0.4) is 0 Å². The minimum absolute atomic E-state index is 0.199. The van der Waals surface area contributed by atoms with Gasteiger partial charge in [-0.2, -0.15) is 0 Å². The van der Waals surface area contributed by atoms with Crippen LogP contribution in [0.1, 0.15) is 0 Å². The van der Waals surface area contributed by atoms with Crippen molar-refractivity contribution < 1.29 is 14.3 Å². The Bertz CT molecular complexity index is 717. The topological polar surface area (TPSA) is 47.6 Å². The highest BCUT2D eigenvalue weighted by atomic mass is 32.2. The van der Waals surface area contributed by atoms with Gasteiger partial charge < -0.3 is 14.8 Å². The van der Waals surface area contributed by atoms with Gasteiger partial charge in [0.25, 0.3) is 5.91 Å². The molecule has 1 amide bonds. The molecule has 0 unspecified atom stereocenters. The Kier molecular flexibility index (Phi) is 4.88. The van der Waals surface area contributed by atoms with Crippen LogP contribution in [0.4, 0.5) is 5.69 Å². The summed E-state index contributed by atoms with van der Waals surface area (Å²) in [6.07, 6.45) is 1.17. The summed E-state index contributed by atoms with van der Waals surface area (Å²) in [6.45, 7) is 3.92. The van der Waals surface area contributed by atoms with E-state index in [0.717, 1.165) is 16.3 Å². The number of amides is 1. The third-order valence-electron chi connectivity index (χ3n) is 3.30. The smallest absolute Gasteiger partial charge is 0.269 e. The average Bonchev–Trinajstić information content (AvgIpc) is 2.60. The summed E-state index contributed by atoms with van der Waals surface area (Å²) in [4.78, 5) is 13.5. The first kappa shape index (κ1) is 15.5. The lowest BCUT2D eigenvalue weighted by atomic mass is 10.2. The fraction of sp³-hybridized carbons (Fsp3) is 0.167. The van der Waals surface area contributed by atoms with Crippen LogP contribution in [0.15, 0.2) is 66.1 Å². The molecular formula is C18H17NO3S. The molecule has 0 spiro atoms. The molecule has 0 aliphatic carbocycles. The van der Waals surface area contributed by atoms with Gasteiger partial charge in [-0.15, -0.1) is 18.3 Å². The molecule has 2 aromatic carbocycles. The van der Waals surface area contributed by atoms with E-state index in [0.29, 0.717) is 11.5 Å². The van der Waals surface area contributed by atoms with E-state index in [1.54, 1.807) is 17.8 Å². The highest BCUT2D eigenvalue weighted by molar-refractivity contribution is 7.99. The summed E-state index contributed by atoms with van der Waals surface area (Å²) < 4.78 is 11.3. The summed E-state index contributed by atoms with van der Waals surface area (Å²) in [5, 5.41) is 2.92. The zero-order valence-corrected chi connectivity index (χ0v) is 13.3. The zero-order valence-electron chi connectivity index (χ0n) is 12.5. The quantitative estimate of drug-likeness (QED) is 0.671. The maximum atomic E-state index is 12.5. The molecule has 0 aromatic heterocycles. The van der Waals surface area contributed by atoms with Crippen molar-refractivity contribution >= 4 is 23.4 Å². The summed E-state index contributed by atoms with van der Waals surface area (Å²) in [6, 6.07) is 15.0. The van der Waals surface area contributed by atoms with Gasteiger partial charge in [0.05, 0.1) is 5.69 Å². The Balaban J connectivity index is 1.70. The predicted octanol–water partition coefficient (Wildman–Crippen LogP) is 3.74. The van der Waals surface area contributed by atoms with E-state index in [4.69, 9.17) is 9.47 Å². The van der Waals surface area contributed by atoms with Gasteiger partial charge in [-0.05, 0) is 24.3 Å². The number of para-hydroxylation sites is 3. The van der Waals surface area contributed by atoms with E-state index in [1.807, 2.05) is 48.5 Å². The van der Waals surface area contributed by atoms with Crippen LogP contribution in [-0.4, -0.2) is 24.4 Å². The lowest BCUT2D eigenvalue weighted by molar-refractivity contribution is -0.125. The molecule has 1 atom stereocenters. The van der Waals surface area contributed by atoms with Crippen molar-refractivity contribution in [3.8, 4) is 11.5 Å². The molecular weight excluding hydrogens is 310 g/mol. The second-order valence-electron chi connectivity index (χ2n) is 4.95. The fourth-order valence-corrected chi connectivity index (χ4v) is 2.95. The molecule has 4 nitrogen and oxygen atoms in total. The number of thioether (sulfide) groups is 1. The van der Waals surface area contributed by atoms with Crippen LogP contribution in [0, 0.1) is 0 Å². The number of anilines is 1. The van der Waals surface area contributed by atoms with Gasteiger partial charge in [-0.25, -0.2) is 0 Å². The highest BCUT2D eigenvalue weighted by Gasteiger charge is 2.27. The number of benzene rings is 2. The maximum Gasteiger partial charge on any atom is 0.269 e. The molecule has 1 aliphatic heterocycles. The number of rotatable bonds is 5. The normalized spacial score (nSPS) is 15.7. The summed E-state index contributed by atoms with van der Waals surface area (Å²) in [7, 11) is 0. The lowest BCUT2D eigenvalue weighted by Crippen LogP contribution is -2.40. The maximum absolute atomic E-state index is 12.5. The lowest BCUT2D eigenvalue weighted by Gasteiger charge is -2.25. The SMILES string of the molecule is C=CCSc1ccccc1NC(=O)[C@@H]1COc2ccccc2O1. The van der Waals surface area contributed by atoms with Gasteiger partial charge in [-0.3, -0.25) is 4.79 Å². The number of fused-ring (bicyclic) bond motifs is 1. The molecule has 118 valence electrons. The second-order valence-corrected chi connectivity index (χ2v) is 6.01. The van der Waals surface area contributed by atoms with Crippen molar-refractivity contribution in [3.63, 3.8) is 0 Å². The van der Waals surface area contributed by atoms with E-state index < -0.39 is 6.10 Å². The Morgan fingerprint density at radius 2 is 1.96 bits per heavy atom. The number of ether oxygens (including phenoxy) is 2. The Morgan fingerprint density at radius 3 is 2.78 bits per heavy atom. The monoisotopic (exact) mass is 327 g/mol. The minimum Gasteiger partial charge on any atom is -0.485 e. The number of carbonyl (C=O) groups is 1. The number of nitrogens with one attached hydrogen (secondary N) is 1. The molecule has 1 N–H and O–H groups in total. The number of hydrogen-bond donors (Lipinski definition) is 1. The van der Waals surface area contributed by atoms with Gasteiger partial charge in [0.2, 0.25) is 6.10 Å². The number of hydrogen-bond acceptors (Lipinski definition) is 4. The Morgan fingerprint density at radius 1 is 1.22 bits per heavy atom. The standard InChI is InChI=1S/C18H17NO3S/c1-2-11-23-17-10-6-3-7-13(17)19-18(20)16-12-21-14-8-4-5-9-15(14)22-16/h2-10,16H,1,11-12H2,(H,19,20)/t16-/m0/s1. The summed E-state index contributed by atoms with van der Waals surface area (Å²) >= 11 is 1.62. The molecule has 5 heteroatoms.